The molecule has 4 rings (SSSR count). The van der Waals surface area contributed by atoms with E-state index in [0.717, 1.165) is 40.8 Å². The standard InChI is InChI=1S/C24H31N5OS/c1-31-24-28-27-22(29(24)20-10-5-6-11-20)12-7-17-25-23(30)16-14-19-13-15-21(26-19)18-8-3-2-4-9-18/h2-4,8-9,13,15,20,26H,5-7,10-12,14,16-17H2,1H3,(H,25,30). The summed E-state index contributed by atoms with van der Waals surface area (Å²) in [5, 5.41) is 12.9. The highest BCUT2D eigenvalue weighted by atomic mass is 32.2. The van der Waals surface area contributed by atoms with E-state index in [4.69, 9.17) is 0 Å². The molecule has 0 radical (unpaired) electrons. The topological polar surface area (TPSA) is 75.6 Å². The molecule has 6 nitrogen and oxygen atoms in total. The number of benzene rings is 1. The Labute approximate surface area is 188 Å². The molecule has 2 heterocycles. The van der Waals surface area contributed by atoms with E-state index in [-0.39, 0.29) is 5.91 Å². The van der Waals surface area contributed by atoms with Crippen LogP contribution in [0, 0.1) is 0 Å². The Morgan fingerprint density at radius 1 is 1.13 bits per heavy atom. The Morgan fingerprint density at radius 2 is 1.94 bits per heavy atom. The van der Waals surface area contributed by atoms with Crippen molar-refractivity contribution in [3.05, 3.63) is 54.0 Å². The number of aryl methyl sites for hydroxylation is 2. The first-order valence-electron chi connectivity index (χ1n) is 11.2. The van der Waals surface area contributed by atoms with E-state index in [0.29, 0.717) is 25.4 Å². The van der Waals surface area contributed by atoms with Gasteiger partial charge in [-0.1, -0.05) is 54.9 Å². The fraction of sp³-hybridized carbons (Fsp3) is 0.458. The average Bonchev–Trinajstić information content (AvgIpc) is 3.56. The summed E-state index contributed by atoms with van der Waals surface area (Å²) in [6, 6.07) is 14.9. The highest BCUT2D eigenvalue weighted by Gasteiger charge is 2.23. The van der Waals surface area contributed by atoms with Crippen LogP contribution >= 0.6 is 11.8 Å². The maximum absolute atomic E-state index is 12.3. The summed E-state index contributed by atoms with van der Waals surface area (Å²) in [5.74, 6) is 1.16. The highest BCUT2D eigenvalue weighted by Crippen LogP contribution is 2.33. The van der Waals surface area contributed by atoms with Gasteiger partial charge in [0.05, 0.1) is 0 Å². The first-order valence-corrected chi connectivity index (χ1v) is 12.4. The second-order valence-corrected chi connectivity index (χ2v) is 8.90. The van der Waals surface area contributed by atoms with E-state index in [1.54, 1.807) is 11.8 Å². The number of hydrogen-bond donors (Lipinski definition) is 2. The quantitative estimate of drug-likeness (QED) is 0.353. The Hall–Kier alpha value is -2.54. The summed E-state index contributed by atoms with van der Waals surface area (Å²) < 4.78 is 2.34. The number of aromatic amines is 1. The maximum Gasteiger partial charge on any atom is 0.220 e. The van der Waals surface area contributed by atoms with Crippen LogP contribution in [0.2, 0.25) is 0 Å². The SMILES string of the molecule is CSc1nnc(CCCNC(=O)CCc2ccc(-c3ccccc3)[nH]2)n1C1CCCC1. The Bertz CT molecular complexity index is 975. The second kappa shape index (κ2) is 10.7. The van der Waals surface area contributed by atoms with Gasteiger partial charge < -0.3 is 14.9 Å². The third kappa shape index (κ3) is 5.58. The molecule has 1 aromatic carbocycles. The summed E-state index contributed by atoms with van der Waals surface area (Å²) in [6.45, 7) is 0.672. The number of aromatic nitrogens is 4. The summed E-state index contributed by atoms with van der Waals surface area (Å²) in [4.78, 5) is 15.7. The molecule has 164 valence electrons. The summed E-state index contributed by atoms with van der Waals surface area (Å²) in [7, 11) is 0. The number of carbonyl (C=O) groups is 1. The second-order valence-electron chi connectivity index (χ2n) is 8.13. The molecule has 1 fully saturated rings. The first-order chi connectivity index (χ1) is 15.2. The van der Waals surface area contributed by atoms with Gasteiger partial charge in [-0.3, -0.25) is 4.79 Å². The zero-order valence-corrected chi connectivity index (χ0v) is 19.0. The molecule has 0 unspecified atom stereocenters. The molecular formula is C24H31N5OS. The number of amides is 1. The number of H-pyrrole nitrogens is 1. The molecule has 1 aliphatic carbocycles. The van der Waals surface area contributed by atoms with Crippen molar-refractivity contribution in [1.82, 2.24) is 25.1 Å². The molecule has 0 saturated heterocycles. The van der Waals surface area contributed by atoms with Gasteiger partial charge in [0.1, 0.15) is 5.82 Å². The average molecular weight is 438 g/mol. The minimum Gasteiger partial charge on any atom is -0.358 e. The van der Waals surface area contributed by atoms with Gasteiger partial charge in [0, 0.05) is 36.8 Å². The normalized spacial score (nSPS) is 14.2. The van der Waals surface area contributed by atoms with Crippen LogP contribution in [0.3, 0.4) is 0 Å². The lowest BCUT2D eigenvalue weighted by Gasteiger charge is -2.16. The van der Waals surface area contributed by atoms with E-state index in [2.05, 4.69) is 55.6 Å². The molecule has 2 aromatic heterocycles. The van der Waals surface area contributed by atoms with E-state index < -0.39 is 0 Å². The number of rotatable bonds is 10. The Kier molecular flexibility index (Phi) is 7.46. The van der Waals surface area contributed by atoms with Crippen molar-refractivity contribution in [3.8, 4) is 11.3 Å². The number of carbonyl (C=O) groups excluding carboxylic acids is 1. The van der Waals surface area contributed by atoms with Crippen molar-refractivity contribution < 1.29 is 4.79 Å². The van der Waals surface area contributed by atoms with Crippen molar-refractivity contribution in [3.63, 3.8) is 0 Å². The van der Waals surface area contributed by atoms with Crippen LogP contribution < -0.4 is 5.32 Å². The van der Waals surface area contributed by atoms with Gasteiger partial charge in [-0.05, 0) is 49.6 Å². The van der Waals surface area contributed by atoms with Gasteiger partial charge in [-0.15, -0.1) is 10.2 Å². The molecule has 31 heavy (non-hydrogen) atoms. The zero-order valence-electron chi connectivity index (χ0n) is 18.1. The van der Waals surface area contributed by atoms with Gasteiger partial charge in [-0.2, -0.15) is 0 Å². The molecule has 2 N–H and O–H groups in total. The van der Waals surface area contributed by atoms with Gasteiger partial charge in [0.15, 0.2) is 5.16 Å². The number of thioether (sulfide) groups is 1. The summed E-state index contributed by atoms with van der Waals surface area (Å²) >= 11 is 1.67. The van der Waals surface area contributed by atoms with Gasteiger partial charge in [-0.25, -0.2) is 0 Å². The molecule has 0 aliphatic heterocycles. The van der Waals surface area contributed by atoms with E-state index in [1.165, 1.54) is 25.7 Å². The van der Waals surface area contributed by atoms with Crippen LogP contribution in [0.5, 0.6) is 0 Å². The lowest BCUT2D eigenvalue weighted by molar-refractivity contribution is -0.121. The fourth-order valence-electron chi connectivity index (χ4n) is 4.33. The van der Waals surface area contributed by atoms with Crippen molar-refractivity contribution in [2.75, 3.05) is 12.8 Å². The van der Waals surface area contributed by atoms with E-state index in [9.17, 15) is 4.79 Å². The number of nitrogens with one attached hydrogen (secondary N) is 2. The van der Waals surface area contributed by atoms with Gasteiger partial charge in [0.2, 0.25) is 5.91 Å². The molecule has 0 spiro atoms. The van der Waals surface area contributed by atoms with Crippen LogP contribution in [0.25, 0.3) is 11.3 Å². The van der Waals surface area contributed by atoms with Crippen molar-refractivity contribution in [1.29, 1.82) is 0 Å². The van der Waals surface area contributed by atoms with E-state index in [1.807, 2.05) is 18.2 Å². The van der Waals surface area contributed by atoms with Crippen molar-refractivity contribution in [2.24, 2.45) is 0 Å². The first kappa shape index (κ1) is 21.7. The molecule has 0 bridgehead atoms. The van der Waals surface area contributed by atoms with Gasteiger partial charge in [0.25, 0.3) is 0 Å². The van der Waals surface area contributed by atoms with Crippen molar-refractivity contribution in [2.45, 2.75) is 62.6 Å². The molecular weight excluding hydrogens is 406 g/mol. The zero-order chi connectivity index (χ0) is 21.5. The van der Waals surface area contributed by atoms with Crippen LogP contribution in [0.4, 0.5) is 0 Å². The summed E-state index contributed by atoms with van der Waals surface area (Å²) in [5.41, 5.74) is 3.34. The minimum atomic E-state index is 0.0953. The fourth-order valence-corrected chi connectivity index (χ4v) is 4.90. The molecule has 0 atom stereocenters. The monoisotopic (exact) mass is 437 g/mol. The Morgan fingerprint density at radius 3 is 2.71 bits per heavy atom. The Balaban J connectivity index is 1.20. The molecule has 7 heteroatoms. The smallest absolute Gasteiger partial charge is 0.220 e. The largest absolute Gasteiger partial charge is 0.358 e. The number of hydrogen-bond acceptors (Lipinski definition) is 4. The molecule has 1 saturated carbocycles. The summed E-state index contributed by atoms with van der Waals surface area (Å²) in [6.07, 6.45) is 10.0. The van der Waals surface area contributed by atoms with Crippen molar-refractivity contribution >= 4 is 17.7 Å². The van der Waals surface area contributed by atoms with Gasteiger partial charge >= 0.3 is 0 Å². The molecule has 3 aromatic rings. The van der Waals surface area contributed by atoms with Crippen LogP contribution in [-0.2, 0) is 17.6 Å². The highest BCUT2D eigenvalue weighted by molar-refractivity contribution is 7.98. The molecule has 1 amide bonds. The van der Waals surface area contributed by atoms with Crippen LogP contribution in [0.1, 0.15) is 56.1 Å². The number of nitrogens with zero attached hydrogens (tertiary/aromatic N) is 3. The maximum atomic E-state index is 12.3. The lowest BCUT2D eigenvalue weighted by atomic mass is 10.2. The van der Waals surface area contributed by atoms with Crippen LogP contribution in [0.15, 0.2) is 47.6 Å². The lowest BCUT2D eigenvalue weighted by Crippen LogP contribution is -2.25. The molecule has 1 aliphatic rings. The minimum absolute atomic E-state index is 0.0953. The third-order valence-corrected chi connectivity index (χ3v) is 6.60. The predicted octanol–water partition coefficient (Wildman–Crippen LogP) is 4.79. The van der Waals surface area contributed by atoms with E-state index >= 15 is 0 Å². The third-order valence-electron chi connectivity index (χ3n) is 5.96. The predicted molar refractivity (Wildman–Crippen MR) is 125 cm³/mol. The van der Waals surface area contributed by atoms with Crippen LogP contribution in [-0.4, -0.2) is 38.5 Å².